The molecule has 0 bridgehead atoms. The first-order valence-electron chi connectivity index (χ1n) is 10.4. The summed E-state index contributed by atoms with van der Waals surface area (Å²) in [7, 11) is 0. The number of hydrogen-bond acceptors (Lipinski definition) is 0. The third-order valence-corrected chi connectivity index (χ3v) is 6.99. The molecule has 2 aromatic rings. The van der Waals surface area contributed by atoms with Gasteiger partial charge in [0, 0.05) is 5.39 Å². The first-order chi connectivity index (χ1) is 12.2. The second-order valence-electron chi connectivity index (χ2n) is 8.58. The highest BCUT2D eigenvalue weighted by molar-refractivity contribution is 5.83. The third-order valence-electron chi connectivity index (χ3n) is 6.99. The molecule has 0 spiro atoms. The highest BCUT2D eigenvalue weighted by Crippen LogP contribution is 2.48. The molecule has 0 aromatic heterocycles. The minimum Gasteiger partial charge on any atom is -0.206 e. The van der Waals surface area contributed by atoms with E-state index in [1.54, 1.807) is 0 Å². The van der Waals surface area contributed by atoms with Crippen LogP contribution in [-0.4, -0.2) is 0 Å². The van der Waals surface area contributed by atoms with Crippen LogP contribution in [0.1, 0.15) is 76.2 Å². The van der Waals surface area contributed by atoms with E-state index in [9.17, 15) is 4.39 Å². The largest absolute Gasteiger partial charge is 0.206 e. The van der Waals surface area contributed by atoms with Crippen LogP contribution >= 0.6 is 0 Å². The van der Waals surface area contributed by atoms with E-state index < -0.39 is 0 Å². The average molecular weight is 339 g/mol. The van der Waals surface area contributed by atoms with Crippen LogP contribution in [0, 0.1) is 23.6 Å². The Balaban J connectivity index is 1.46. The van der Waals surface area contributed by atoms with Crippen molar-refractivity contribution < 1.29 is 4.39 Å². The standard InChI is InChI=1S/C24H31F/c1-2-3-6-17-9-10-19-14-20(12-11-18(19)13-17)22-15-21-7-4-5-8-23(21)24(25)16-22/h4-5,7-8,15-20H,2-3,6,9-14H2,1H3. The summed E-state index contributed by atoms with van der Waals surface area (Å²) in [6, 6.07) is 11.9. The Morgan fingerprint density at radius 1 is 0.960 bits per heavy atom. The van der Waals surface area contributed by atoms with E-state index in [1.165, 1.54) is 63.4 Å². The molecule has 2 saturated carbocycles. The van der Waals surface area contributed by atoms with E-state index in [0.717, 1.165) is 28.5 Å². The van der Waals surface area contributed by atoms with Gasteiger partial charge in [-0.05, 0) is 72.8 Å². The Morgan fingerprint density at radius 3 is 2.64 bits per heavy atom. The van der Waals surface area contributed by atoms with Gasteiger partial charge in [0.05, 0.1) is 0 Å². The lowest BCUT2D eigenvalue weighted by atomic mass is 9.63. The number of unbranched alkanes of at least 4 members (excludes halogenated alkanes) is 1. The van der Waals surface area contributed by atoms with Gasteiger partial charge in [0.2, 0.25) is 0 Å². The lowest BCUT2D eigenvalue weighted by Gasteiger charge is -2.42. The minimum absolute atomic E-state index is 0.0431. The molecule has 0 radical (unpaired) electrons. The Morgan fingerprint density at radius 2 is 1.76 bits per heavy atom. The summed E-state index contributed by atoms with van der Waals surface area (Å²) < 4.78 is 14.5. The minimum atomic E-state index is -0.0431. The molecule has 0 N–H and O–H groups in total. The zero-order chi connectivity index (χ0) is 17.2. The molecule has 4 rings (SSSR count). The number of halogens is 1. The summed E-state index contributed by atoms with van der Waals surface area (Å²) >= 11 is 0. The van der Waals surface area contributed by atoms with Gasteiger partial charge in [-0.3, -0.25) is 0 Å². The summed E-state index contributed by atoms with van der Waals surface area (Å²) in [5.74, 6) is 3.32. The normalized spacial score (nSPS) is 29.5. The topological polar surface area (TPSA) is 0 Å². The monoisotopic (exact) mass is 338 g/mol. The maximum Gasteiger partial charge on any atom is 0.131 e. The first-order valence-corrected chi connectivity index (χ1v) is 10.4. The first kappa shape index (κ1) is 17.1. The molecule has 0 nitrogen and oxygen atoms in total. The predicted octanol–water partition coefficient (Wildman–Crippen LogP) is 7.47. The third kappa shape index (κ3) is 3.61. The molecular weight excluding hydrogens is 307 g/mol. The van der Waals surface area contributed by atoms with Crippen molar-refractivity contribution in [1.82, 2.24) is 0 Å². The van der Waals surface area contributed by atoms with Gasteiger partial charge in [0.15, 0.2) is 0 Å². The van der Waals surface area contributed by atoms with Crippen molar-refractivity contribution in [1.29, 1.82) is 0 Å². The van der Waals surface area contributed by atoms with Gasteiger partial charge in [-0.2, -0.15) is 0 Å². The maximum absolute atomic E-state index is 14.5. The molecule has 0 heterocycles. The molecule has 25 heavy (non-hydrogen) atoms. The van der Waals surface area contributed by atoms with E-state index in [2.05, 4.69) is 13.0 Å². The molecule has 0 aliphatic heterocycles. The van der Waals surface area contributed by atoms with Crippen molar-refractivity contribution in [2.75, 3.05) is 0 Å². The number of hydrogen-bond donors (Lipinski definition) is 0. The van der Waals surface area contributed by atoms with Crippen molar-refractivity contribution in [3.63, 3.8) is 0 Å². The highest BCUT2D eigenvalue weighted by Gasteiger charge is 2.35. The van der Waals surface area contributed by atoms with Crippen LogP contribution in [0.15, 0.2) is 36.4 Å². The SMILES string of the molecule is CCCCC1CCC2CC(c3cc(F)c4ccccc4c3)CCC2C1. The predicted molar refractivity (Wildman–Crippen MR) is 104 cm³/mol. The van der Waals surface area contributed by atoms with E-state index in [-0.39, 0.29) is 5.82 Å². The van der Waals surface area contributed by atoms with Gasteiger partial charge in [-0.15, -0.1) is 0 Å². The molecule has 4 atom stereocenters. The molecule has 134 valence electrons. The highest BCUT2D eigenvalue weighted by atomic mass is 19.1. The molecule has 0 saturated heterocycles. The second kappa shape index (κ2) is 7.48. The molecule has 2 aliphatic rings. The number of fused-ring (bicyclic) bond motifs is 2. The van der Waals surface area contributed by atoms with E-state index in [0.29, 0.717) is 5.92 Å². The fourth-order valence-corrected chi connectivity index (χ4v) is 5.57. The van der Waals surface area contributed by atoms with E-state index in [4.69, 9.17) is 0 Å². The van der Waals surface area contributed by atoms with Crippen LogP contribution in [0.2, 0.25) is 0 Å². The molecule has 4 unspecified atom stereocenters. The van der Waals surface area contributed by atoms with Crippen LogP contribution in [0.4, 0.5) is 4.39 Å². The van der Waals surface area contributed by atoms with Crippen LogP contribution in [0.5, 0.6) is 0 Å². The lowest BCUT2D eigenvalue weighted by Crippen LogP contribution is -2.30. The van der Waals surface area contributed by atoms with Gasteiger partial charge in [-0.1, -0.05) is 62.9 Å². The van der Waals surface area contributed by atoms with Crippen molar-refractivity contribution in [2.45, 2.75) is 70.6 Å². The zero-order valence-corrected chi connectivity index (χ0v) is 15.5. The Hall–Kier alpha value is -1.37. The quantitative estimate of drug-likeness (QED) is 0.542. The molecule has 0 amide bonds. The molecule has 2 aromatic carbocycles. The summed E-state index contributed by atoms with van der Waals surface area (Å²) in [4.78, 5) is 0. The van der Waals surface area contributed by atoms with Crippen LogP contribution in [0.3, 0.4) is 0 Å². The van der Waals surface area contributed by atoms with Crippen LogP contribution in [-0.2, 0) is 0 Å². The van der Waals surface area contributed by atoms with Crippen molar-refractivity contribution >= 4 is 10.8 Å². The summed E-state index contributed by atoms with van der Waals surface area (Å²) in [6.07, 6.45) is 12.4. The van der Waals surface area contributed by atoms with Crippen molar-refractivity contribution in [3.8, 4) is 0 Å². The van der Waals surface area contributed by atoms with Gasteiger partial charge < -0.3 is 0 Å². The van der Waals surface area contributed by atoms with Crippen LogP contribution in [0.25, 0.3) is 10.8 Å². The smallest absolute Gasteiger partial charge is 0.131 e. The fraction of sp³-hybridized carbons (Fsp3) is 0.583. The summed E-state index contributed by atoms with van der Waals surface area (Å²) in [5, 5.41) is 1.82. The Labute approximate surface area is 151 Å². The Bertz CT molecular complexity index is 719. The van der Waals surface area contributed by atoms with E-state index in [1.807, 2.05) is 30.3 Å². The second-order valence-corrected chi connectivity index (χ2v) is 8.58. The molecular formula is C24H31F. The van der Waals surface area contributed by atoms with Gasteiger partial charge in [-0.25, -0.2) is 4.39 Å². The average Bonchev–Trinajstić information content (AvgIpc) is 2.65. The van der Waals surface area contributed by atoms with Gasteiger partial charge >= 0.3 is 0 Å². The molecule has 2 aliphatic carbocycles. The Kier molecular flexibility index (Phi) is 5.10. The summed E-state index contributed by atoms with van der Waals surface area (Å²) in [6.45, 7) is 2.31. The van der Waals surface area contributed by atoms with E-state index >= 15 is 0 Å². The van der Waals surface area contributed by atoms with Crippen LogP contribution < -0.4 is 0 Å². The van der Waals surface area contributed by atoms with Gasteiger partial charge in [0.25, 0.3) is 0 Å². The van der Waals surface area contributed by atoms with Crippen molar-refractivity contribution in [2.24, 2.45) is 17.8 Å². The maximum atomic E-state index is 14.5. The molecule has 2 fully saturated rings. The zero-order valence-electron chi connectivity index (χ0n) is 15.5. The number of rotatable bonds is 4. The van der Waals surface area contributed by atoms with Gasteiger partial charge in [0.1, 0.15) is 5.82 Å². The summed E-state index contributed by atoms with van der Waals surface area (Å²) in [5.41, 5.74) is 1.24. The number of benzene rings is 2. The van der Waals surface area contributed by atoms with Crippen molar-refractivity contribution in [3.05, 3.63) is 47.8 Å². The molecule has 1 heteroatoms. The fourth-order valence-electron chi connectivity index (χ4n) is 5.57. The lowest BCUT2D eigenvalue weighted by molar-refractivity contribution is 0.113.